The Morgan fingerprint density at radius 1 is 1.43 bits per heavy atom. The first-order valence-electron chi connectivity index (χ1n) is 5.24. The number of aromatic nitrogens is 1. The van der Waals surface area contributed by atoms with Gasteiger partial charge in [-0.2, -0.15) is 0 Å². The molecule has 14 heavy (non-hydrogen) atoms. The van der Waals surface area contributed by atoms with Gasteiger partial charge in [0.05, 0.1) is 5.69 Å². The van der Waals surface area contributed by atoms with Crippen molar-refractivity contribution in [3.05, 3.63) is 17.8 Å². The SMILES string of the molecule is CCC1CNc2nccc(C)c2NC1. The van der Waals surface area contributed by atoms with E-state index in [0.29, 0.717) is 5.92 Å². The predicted octanol–water partition coefficient (Wildman–Crippen LogP) is 2.25. The number of hydrogen-bond acceptors (Lipinski definition) is 3. The highest BCUT2D eigenvalue weighted by Crippen LogP contribution is 2.26. The zero-order chi connectivity index (χ0) is 9.97. The summed E-state index contributed by atoms with van der Waals surface area (Å²) in [6, 6.07) is 2.04. The van der Waals surface area contributed by atoms with Crippen molar-refractivity contribution in [2.45, 2.75) is 20.3 Å². The molecule has 3 heteroatoms. The Kier molecular flexibility index (Phi) is 2.57. The Morgan fingerprint density at radius 2 is 2.21 bits per heavy atom. The third kappa shape index (κ3) is 1.67. The van der Waals surface area contributed by atoms with E-state index in [0.717, 1.165) is 18.9 Å². The van der Waals surface area contributed by atoms with E-state index in [4.69, 9.17) is 0 Å². The van der Waals surface area contributed by atoms with Crippen LogP contribution in [0.3, 0.4) is 0 Å². The number of nitrogens with zero attached hydrogens (tertiary/aromatic N) is 1. The van der Waals surface area contributed by atoms with Crippen molar-refractivity contribution in [1.29, 1.82) is 0 Å². The normalized spacial score (nSPS) is 20.3. The maximum absolute atomic E-state index is 4.34. The van der Waals surface area contributed by atoms with Crippen LogP contribution in [0.1, 0.15) is 18.9 Å². The minimum atomic E-state index is 0.698. The Bertz CT molecular complexity index is 322. The van der Waals surface area contributed by atoms with Crippen LogP contribution in [0.25, 0.3) is 0 Å². The number of rotatable bonds is 1. The molecule has 0 saturated heterocycles. The smallest absolute Gasteiger partial charge is 0.149 e. The van der Waals surface area contributed by atoms with Crippen LogP contribution in [0.5, 0.6) is 0 Å². The molecule has 0 spiro atoms. The molecule has 76 valence electrons. The van der Waals surface area contributed by atoms with Crippen LogP contribution in [0.2, 0.25) is 0 Å². The lowest BCUT2D eigenvalue weighted by molar-refractivity contribution is 0.569. The van der Waals surface area contributed by atoms with Gasteiger partial charge in [-0.3, -0.25) is 0 Å². The molecule has 0 amide bonds. The van der Waals surface area contributed by atoms with Crippen molar-refractivity contribution < 1.29 is 0 Å². The lowest BCUT2D eigenvalue weighted by Gasteiger charge is -2.11. The van der Waals surface area contributed by atoms with Crippen LogP contribution >= 0.6 is 0 Å². The second kappa shape index (κ2) is 3.86. The molecular formula is C11H17N3. The second-order valence-electron chi connectivity index (χ2n) is 3.89. The third-order valence-corrected chi connectivity index (χ3v) is 2.86. The molecule has 3 nitrogen and oxygen atoms in total. The molecule has 1 aliphatic rings. The first-order valence-corrected chi connectivity index (χ1v) is 5.24. The third-order valence-electron chi connectivity index (χ3n) is 2.86. The summed E-state index contributed by atoms with van der Waals surface area (Å²) in [6.07, 6.45) is 3.06. The first-order chi connectivity index (χ1) is 6.81. The molecule has 0 radical (unpaired) electrons. The van der Waals surface area contributed by atoms with E-state index in [9.17, 15) is 0 Å². The maximum atomic E-state index is 4.34. The van der Waals surface area contributed by atoms with Crippen molar-refractivity contribution in [1.82, 2.24) is 4.98 Å². The topological polar surface area (TPSA) is 37.0 Å². The van der Waals surface area contributed by atoms with Gasteiger partial charge in [-0.1, -0.05) is 6.92 Å². The average Bonchev–Trinajstić information content (AvgIpc) is 2.41. The van der Waals surface area contributed by atoms with Gasteiger partial charge in [0.1, 0.15) is 5.82 Å². The summed E-state index contributed by atoms with van der Waals surface area (Å²) in [5.41, 5.74) is 2.43. The Balaban J connectivity index is 2.25. The molecule has 0 aliphatic carbocycles. The van der Waals surface area contributed by atoms with Gasteiger partial charge >= 0.3 is 0 Å². The number of pyridine rings is 1. The molecule has 1 aliphatic heterocycles. The monoisotopic (exact) mass is 191 g/mol. The predicted molar refractivity (Wildman–Crippen MR) is 59.7 cm³/mol. The van der Waals surface area contributed by atoms with E-state index in [1.807, 2.05) is 12.3 Å². The summed E-state index contributed by atoms with van der Waals surface area (Å²) in [6.45, 7) is 6.40. The van der Waals surface area contributed by atoms with E-state index < -0.39 is 0 Å². The zero-order valence-electron chi connectivity index (χ0n) is 8.80. The molecule has 0 aromatic carbocycles. The van der Waals surface area contributed by atoms with Gasteiger partial charge < -0.3 is 10.6 Å². The quantitative estimate of drug-likeness (QED) is 0.715. The molecular weight excluding hydrogens is 174 g/mol. The summed E-state index contributed by atoms with van der Waals surface area (Å²) in [4.78, 5) is 4.34. The van der Waals surface area contributed by atoms with Crippen LogP contribution < -0.4 is 10.6 Å². The molecule has 2 N–H and O–H groups in total. The summed E-state index contributed by atoms with van der Waals surface area (Å²) in [5, 5.41) is 6.86. The molecule has 0 bridgehead atoms. The van der Waals surface area contributed by atoms with Gasteiger partial charge in [0.25, 0.3) is 0 Å². The Morgan fingerprint density at radius 3 is 3.00 bits per heavy atom. The highest BCUT2D eigenvalue weighted by molar-refractivity contribution is 5.68. The minimum Gasteiger partial charge on any atom is -0.382 e. The Hall–Kier alpha value is -1.25. The fourth-order valence-corrected chi connectivity index (χ4v) is 1.76. The fourth-order valence-electron chi connectivity index (χ4n) is 1.76. The van der Waals surface area contributed by atoms with Crippen molar-refractivity contribution in [3.8, 4) is 0 Å². The van der Waals surface area contributed by atoms with Crippen LogP contribution in [-0.2, 0) is 0 Å². The van der Waals surface area contributed by atoms with E-state index in [-0.39, 0.29) is 0 Å². The highest BCUT2D eigenvalue weighted by atomic mass is 15.1. The zero-order valence-corrected chi connectivity index (χ0v) is 8.80. The molecule has 2 rings (SSSR count). The number of hydrogen-bond donors (Lipinski definition) is 2. The van der Waals surface area contributed by atoms with Gasteiger partial charge in [-0.15, -0.1) is 0 Å². The molecule has 1 unspecified atom stereocenters. The fraction of sp³-hybridized carbons (Fsp3) is 0.545. The van der Waals surface area contributed by atoms with Crippen molar-refractivity contribution >= 4 is 11.5 Å². The minimum absolute atomic E-state index is 0.698. The standard InChI is InChI=1S/C11H17N3/c1-3-9-6-13-10-8(2)4-5-12-11(10)14-7-9/h4-5,9,13H,3,6-7H2,1-2H3,(H,12,14). The van der Waals surface area contributed by atoms with Gasteiger partial charge in [0, 0.05) is 19.3 Å². The van der Waals surface area contributed by atoms with Crippen LogP contribution in [0, 0.1) is 12.8 Å². The molecule has 2 heterocycles. The maximum Gasteiger partial charge on any atom is 0.149 e. The van der Waals surface area contributed by atoms with Crippen molar-refractivity contribution in [2.24, 2.45) is 5.92 Å². The number of aryl methyl sites for hydroxylation is 1. The molecule has 0 saturated carbocycles. The average molecular weight is 191 g/mol. The van der Waals surface area contributed by atoms with Gasteiger partial charge in [0.15, 0.2) is 0 Å². The summed E-state index contributed by atoms with van der Waals surface area (Å²) in [7, 11) is 0. The largest absolute Gasteiger partial charge is 0.382 e. The van der Waals surface area contributed by atoms with E-state index in [1.165, 1.54) is 17.7 Å². The van der Waals surface area contributed by atoms with Crippen LogP contribution in [0.4, 0.5) is 11.5 Å². The molecule has 1 aromatic heterocycles. The van der Waals surface area contributed by atoms with Crippen molar-refractivity contribution in [2.75, 3.05) is 23.7 Å². The highest BCUT2D eigenvalue weighted by Gasteiger charge is 2.15. The van der Waals surface area contributed by atoms with Gasteiger partial charge in [-0.05, 0) is 30.9 Å². The second-order valence-corrected chi connectivity index (χ2v) is 3.89. The van der Waals surface area contributed by atoms with Gasteiger partial charge in [0.2, 0.25) is 0 Å². The summed E-state index contributed by atoms with van der Waals surface area (Å²) in [5.74, 6) is 1.70. The molecule has 1 aromatic rings. The lowest BCUT2D eigenvalue weighted by atomic mass is 10.1. The molecule has 1 atom stereocenters. The first kappa shape index (κ1) is 9.31. The van der Waals surface area contributed by atoms with Crippen molar-refractivity contribution in [3.63, 3.8) is 0 Å². The number of anilines is 2. The van der Waals surface area contributed by atoms with E-state index >= 15 is 0 Å². The van der Waals surface area contributed by atoms with Gasteiger partial charge in [-0.25, -0.2) is 4.98 Å². The summed E-state index contributed by atoms with van der Waals surface area (Å²) < 4.78 is 0. The lowest BCUT2D eigenvalue weighted by Crippen LogP contribution is -2.17. The van der Waals surface area contributed by atoms with E-state index in [1.54, 1.807) is 0 Å². The van der Waals surface area contributed by atoms with E-state index in [2.05, 4.69) is 29.5 Å². The summed E-state index contributed by atoms with van der Waals surface area (Å²) >= 11 is 0. The number of fused-ring (bicyclic) bond motifs is 1. The van der Waals surface area contributed by atoms with Crippen LogP contribution in [-0.4, -0.2) is 18.1 Å². The van der Waals surface area contributed by atoms with Crippen LogP contribution in [0.15, 0.2) is 12.3 Å². The Labute approximate surface area is 84.9 Å². The molecule has 0 fully saturated rings. The number of nitrogens with one attached hydrogen (secondary N) is 2.